The van der Waals surface area contributed by atoms with Gasteiger partial charge in [0.2, 0.25) is 5.91 Å². The molecule has 1 N–H and O–H groups in total. The standard InChI is InChI=1S/C15H16F3NO/c1-4-5-14(19-11(3)20)10(2)12-6-8-13(9-7-12)15(16,17)18/h4-9H,1-3H3,(H,19,20)/b5-4-,14-10-. The van der Waals surface area contributed by atoms with Gasteiger partial charge in [0, 0.05) is 12.6 Å². The molecule has 0 saturated heterocycles. The van der Waals surface area contributed by atoms with Gasteiger partial charge < -0.3 is 5.32 Å². The lowest BCUT2D eigenvalue weighted by Gasteiger charge is -2.11. The fourth-order valence-electron chi connectivity index (χ4n) is 1.68. The fourth-order valence-corrected chi connectivity index (χ4v) is 1.68. The van der Waals surface area contributed by atoms with Crippen LogP contribution in [-0.4, -0.2) is 5.91 Å². The molecule has 0 aliphatic heterocycles. The number of carbonyl (C=O) groups excluding carboxylic acids is 1. The Balaban J connectivity index is 3.17. The molecule has 0 aliphatic rings. The molecule has 2 nitrogen and oxygen atoms in total. The van der Waals surface area contributed by atoms with Gasteiger partial charge >= 0.3 is 6.18 Å². The smallest absolute Gasteiger partial charge is 0.326 e. The third kappa shape index (κ3) is 4.26. The molecule has 0 radical (unpaired) electrons. The molecule has 108 valence electrons. The van der Waals surface area contributed by atoms with Crippen LogP contribution in [0.15, 0.2) is 42.1 Å². The van der Waals surface area contributed by atoms with Crippen LogP contribution in [0.5, 0.6) is 0 Å². The van der Waals surface area contributed by atoms with Crippen LogP contribution in [0.3, 0.4) is 0 Å². The maximum Gasteiger partial charge on any atom is 0.416 e. The minimum Gasteiger partial charge on any atom is -0.326 e. The van der Waals surface area contributed by atoms with Crippen molar-refractivity contribution in [2.75, 3.05) is 0 Å². The van der Waals surface area contributed by atoms with E-state index in [-0.39, 0.29) is 5.91 Å². The average molecular weight is 283 g/mol. The van der Waals surface area contributed by atoms with Crippen LogP contribution in [0.1, 0.15) is 31.9 Å². The van der Waals surface area contributed by atoms with Gasteiger partial charge in [0.1, 0.15) is 0 Å². The first-order valence-corrected chi connectivity index (χ1v) is 6.04. The number of benzene rings is 1. The van der Waals surface area contributed by atoms with Crippen LogP contribution in [0.4, 0.5) is 13.2 Å². The van der Waals surface area contributed by atoms with Crippen LogP contribution in [0.25, 0.3) is 5.57 Å². The molecular weight excluding hydrogens is 267 g/mol. The van der Waals surface area contributed by atoms with Gasteiger partial charge in [-0.2, -0.15) is 13.2 Å². The molecule has 0 aromatic heterocycles. The Morgan fingerprint density at radius 2 is 1.70 bits per heavy atom. The summed E-state index contributed by atoms with van der Waals surface area (Å²) in [6.07, 6.45) is -0.896. The fraction of sp³-hybridized carbons (Fsp3) is 0.267. The van der Waals surface area contributed by atoms with Crippen molar-refractivity contribution in [2.24, 2.45) is 0 Å². The summed E-state index contributed by atoms with van der Waals surface area (Å²) < 4.78 is 37.5. The van der Waals surface area contributed by atoms with Crippen molar-refractivity contribution in [2.45, 2.75) is 26.9 Å². The summed E-state index contributed by atoms with van der Waals surface area (Å²) in [4.78, 5) is 11.1. The molecule has 0 saturated carbocycles. The Labute approximate surface area is 116 Å². The number of rotatable bonds is 3. The van der Waals surface area contributed by atoms with Gasteiger partial charge in [-0.1, -0.05) is 18.2 Å². The number of carbonyl (C=O) groups is 1. The van der Waals surface area contributed by atoms with E-state index in [4.69, 9.17) is 0 Å². The number of nitrogens with one attached hydrogen (secondary N) is 1. The van der Waals surface area contributed by atoms with E-state index >= 15 is 0 Å². The Morgan fingerprint density at radius 1 is 1.15 bits per heavy atom. The molecule has 0 spiro atoms. The maximum absolute atomic E-state index is 12.5. The maximum atomic E-state index is 12.5. The SMILES string of the molecule is C/C=C\C(NC(C)=O)=C(/C)c1ccc(C(F)(F)F)cc1. The van der Waals surface area contributed by atoms with E-state index in [2.05, 4.69) is 5.32 Å². The van der Waals surface area contributed by atoms with Crippen LogP contribution in [0, 0.1) is 0 Å². The van der Waals surface area contributed by atoms with Crippen molar-refractivity contribution in [3.63, 3.8) is 0 Å². The lowest BCUT2D eigenvalue weighted by atomic mass is 10.0. The van der Waals surface area contributed by atoms with Gasteiger partial charge in [-0.15, -0.1) is 0 Å². The van der Waals surface area contributed by atoms with Crippen LogP contribution < -0.4 is 5.32 Å². The summed E-state index contributed by atoms with van der Waals surface area (Å²) in [5.74, 6) is -0.232. The Morgan fingerprint density at radius 3 is 2.10 bits per heavy atom. The molecule has 1 aromatic carbocycles. The predicted molar refractivity (Wildman–Crippen MR) is 72.7 cm³/mol. The van der Waals surface area contributed by atoms with Crippen molar-refractivity contribution in [3.05, 3.63) is 53.2 Å². The first-order chi connectivity index (χ1) is 9.25. The predicted octanol–water partition coefficient (Wildman–Crippen LogP) is 4.15. The van der Waals surface area contributed by atoms with Gasteiger partial charge in [-0.25, -0.2) is 0 Å². The topological polar surface area (TPSA) is 29.1 Å². The second-order valence-corrected chi connectivity index (χ2v) is 4.29. The molecule has 5 heteroatoms. The Bertz CT molecular complexity index is 539. The zero-order chi connectivity index (χ0) is 15.3. The van der Waals surface area contributed by atoms with Gasteiger partial charge in [-0.05, 0) is 43.2 Å². The zero-order valence-corrected chi connectivity index (χ0v) is 11.5. The number of alkyl halides is 3. The van der Waals surface area contributed by atoms with Gasteiger partial charge in [-0.3, -0.25) is 4.79 Å². The lowest BCUT2D eigenvalue weighted by molar-refractivity contribution is -0.137. The number of hydrogen-bond acceptors (Lipinski definition) is 1. The van der Waals surface area contributed by atoms with Crippen LogP contribution in [-0.2, 0) is 11.0 Å². The average Bonchev–Trinajstić information content (AvgIpc) is 2.36. The zero-order valence-electron chi connectivity index (χ0n) is 11.5. The normalized spacial score (nSPS) is 13.3. The van der Waals surface area contributed by atoms with E-state index in [1.54, 1.807) is 26.0 Å². The molecule has 0 aliphatic carbocycles. The molecular formula is C15H16F3NO. The third-order valence-electron chi connectivity index (χ3n) is 2.69. The summed E-state index contributed by atoms with van der Waals surface area (Å²) in [6, 6.07) is 4.84. The molecule has 0 bridgehead atoms. The second kappa shape index (κ2) is 6.41. The van der Waals surface area contributed by atoms with Gasteiger partial charge in [0.25, 0.3) is 0 Å². The molecule has 0 heterocycles. The largest absolute Gasteiger partial charge is 0.416 e. The summed E-state index contributed by atoms with van der Waals surface area (Å²) >= 11 is 0. The highest BCUT2D eigenvalue weighted by Crippen LogP contribution is 2.30. The Kier molecular flexibility index (Phi) is 5.13. The highest BCUT2D eigenvalue weighted by Gasteiger charge is 2.29. The number of hydrogen-bond donors (Lipinski definition) is 1. The first-order valence-electron chi connectivity index (χ1n) is 6.04. The molecule has 1 rings (SSSR count). The summed E-state index contributed by atoms with van der Waals surface area (Å²) in [7, 11) is 0. The molecule has 20 heavy (non-hydrogen) atoms. The van der Waals surface area contributed by atoms with Crippen molar-refractivity contribution in [1.82, 2.24) is 5.32 Å². The third-order valence-corrected chi connectivity index (χ3v) is 2.69. The van der Waals surface area contributed by atoms with Gasteiger partial charge in [0.15, 0.2) is 0 Å². The quantitative estimate of drug-likeness (QED) is 0.830. The van der Waals surface area contributed by atoms with Crippen molar-refractivity contribution in [1.29, 1.82) is 0 Å². The van der Waals surface area contributed by atoms with Crippen molar-refractivity contribution < 1.29 is 18.0 Å². The molecule has 1 aromatic rings. The number of allylic oxidation sites excluding steroid dienone is 3. The summed E-state index contributed by atoms with van der Waals surface area (Å²) in [5.41, 5.74) is 1.20. The molecule has 0 unspecified atom stereocenters. The monoisotopic (exact) mass is 283 g/mol. The minimum atomic E-state index is -4.35. The first kappa shape index (κ1) is 16.0. The highest BCUT2D eigenvalue weighted by molar-refractivity contribution is 5.80. The molecule has 0 fully saturated rings. The Hall–Kier alpha value is -2.04. The van der Waals surface area contributed by atoms with Gasteiger partial charge in [0.05, 0.1) is 5.56 Å². The van der Waals surface area contributed by atoms with Crippen LogP contribution in [0.2, 0.25) is 0 Å². The van der Waals surface area contributed by atoms with Crippen molar-refractivity contribution in [3.8, 4) is 0 Å². The lowest BCUT2D eigenvalue weighted by Crippen LogP contribution is -2.19. The minimum absolute atomic E-state index is 0.232. The second-order valence-electron chi connectivity index (χ2n) is 4.29. The van der Waals surface area contributed by atoms with E-state index in [1.165, 1.54) is 19.1 Å². The molecule has 1 amide bonds. The summed E-state index contributed by atoms with van der Waals surface area (Å²) in [5, 5.41) is 2.66. The number of halogens is 3. The van der Waals surface area contributed by atoms with E-state index in [0.29, 0.717) is 16.8 Å². The van der Waals surface area contributed by atoms with E-state index in [9.17, 15) is 18.0 Å². The van der Waals surface area contributed by atoms with Crippen LogP contribution >= 0.6 is 0 Å². The summed E-state index contributed by atoms with van der Waals surface area (Å²) in [6.45, 7) is 4.92. The molecule has 0 atom stereocenters. The van der Waals surface area contributed by atoms with E-state index in [1.807, 2.05) is 0 Å². The highest BCUT2D eigenvalue weighted by atomic mass is 19.4. The van der Waals surface area contributed by atoms with Crippen molar-refractivity contribution >= 4 is 11.5 Å². The number of amides is 1. The van der Waals surface area contributed by atoms with E-state index < -0.39 is 11.7 Å². The van der Waals surface area contributed by atoms with E-state index in [0.717, 1.165) is 12.1 Å².